The van der Waals surface area contributed by atoms with E-state index in [1.807, 2.05) is 11.9 Å². The quantitative estimate of drug-likeness (QED) is 0.496. The number of guanidine groups is 1. The highest BCUT2D eigenvalue weighted by molar-refractivity contribution is 5.80. The monoisotopic (exact) mass is 394 g/mol. The Labute approximate surface area is 169 Å². The zero-order valence-corrected chi connectivity index (χ0v) is 17.7. The molecule has 160 valence electrons. The molecule has 3 aliphatic rings. The van der Waals surface area contributed by atoms with Crippen molar-refractivity contribution < 1.29 is 9.53 Å². The predicted octanol–water partition coefficient (Wildman–Crippen LogP) is -0.230. The maximum absolute atomic E-state index is 12.3. The highest BCUT2D eigenvalue weighted by Gasteiger charge is 2.24. The van der Waals surface area contributed by atoms with Crippen molar-refractivity contribution in [1.29, 1.82) is 0 Å². The van der Waals surface area contributed by atoms with Gasteiger partial charge >= 0.3 is 0 Å². The topological polar surface area (TPSA) is 63.7 Å². The molecule has 0 spiro atoms. The summed E-state index contributed by atoms with van der Waals surface area (Å²) in [5.74, 6) is 1.85. The van der Waals surface area contributed by atoms with E-state index in [-0.39, 0.29) is 0 Å². The summed E-state index contributed by atoms with van der Waals surface area (Å²) in [4.78, 5) is 25.9. The Morgan fingerprint density at radius 1 is 0.964 bits per heavy atom. The fourth-order valence-corrected chi connectivity index (χ4v) is 4.26. The van der Waals surface area contributed by atoms with Crippen molar-refractivity contribution in [3.05, 3.63) is 0 Å². The molecule has 1 N–H and O–H groups in total. The van der Waals surface area contributed by atoms with Crippen molar-refractivity contribution in [3.63, 3.8) is 0 Å². The third-order valence-corrected chi connectivity index (χ3v) is 5.98. The fourth-order valence-electron chi connectivity index (χ4n) is 4.26. The Morgan fingerprint density at radius 2 is 1.64 bits per heavy atom. The summed E-state index contributed by atoms with van der Waals surface area (Å²) in [7, 11) is 1.86. The van der Waals surface area contributed by atoms with E-state index < -0.39 is 0 Å². The van der Waals surface area contributed by atoms with Gasteiger partial charge in [-0.3, -0.25) is 19.6 Å². The second-order valence-electron chi connectivity index (χ2n) is 8.30. The molecule has 1 unspecified atom stereocenters. The van der Waals surface area contributed by atoms with Crippen LogP contribution in [0.5, 0.6) is 0 Å². The number of ether oxygens (including phenoxy) is 1. The third kappa shape index (κ3) is 6.32. The van der Waals surface area contributed by atoms with Crippen LogP contribution < -0.4 is 5.32 Å². The van der Waals surface area contributed by atoms with E-state index in [2.05, 4.69) is 31.9 Å². The van der Waals surface area contributed by atoms with Crippen molar-refractivity contribution in [2.24, 2.45) is 10.9 Å². The van der Waals surface area contributed by atoms with E-state index in [4.69, 9.17) is 4.74 Å². The minimum absolute atomic E-state index is 0.297. The summed E-state index contributed by atoms with van der Waals surface area (Å²) in [6.07, 6.45) is 2.32. The van der Waals surface area contributed by atoms with Gasteiger partial charge in [-0.05, 0) is 18.8 Å². The molecule has 1 amide bonds. The van der Waals surface area contributed by atoms with Gasteiger partial charge in [-0.1, -0.05) is 6.92 Å². The van der Waals surface area contributed by atoms with Crippen molar-refractivity contribution >= 4 is 11.9 Å². The molecule has 3 rings (SSSR count). The third-order valence-electron chi connectivity index (χ3n) is 5.98. The molecule has 0 aromatic carbocycles. The van der Waals surface area contributed by atoms with E-state index in [1.165, 1.54) is 0 Å². The van der Waals surface area contributed by atoms with Crippen LogP contribution in [-0.4, -0.2) is 124 Å². The van der Waals surface area contributed by atoms with Gasteiger partial charge in [-0.15, -0.1) is 0 Å². The highest BCUT2D eigenvalue weighted by Crippen LogP contribution is 2.10. The van der Waals surface area contributed by atoms with E-state index in [0.717, 1.165) is 97.5 Å². The van der Waals surface area contributed by atoms with Gasteiger partial charge in [-0.25, -0.2) is 0 Å². The van der Waals surface area contributed by atoms with Crippen LogP contribution in [0.4, 0.5) is 0 Å². The van der Waals surface area contributed by atoms with Gasteiger partial charge in [0.15, 0.2) is 5.96 Å². The number of morpholine rings is 1. The number of carbonyl (C=O) groups excluding carboxylic acids is 1. The average Bonchev–Trinajstić information content (AvgIpc) is 3.25. The minimum atomic E-state index is 0.297. The standard InChI is InChI=1S/C20H38N6O2/c1-18(16-24-11-13-28-14-12-24)15-22-20(21-2)26-9-7-23(8-10-26)17-19(27)25-5-3-4-6-25/h18H,3-17H2,1-2H3,(H,21,22). The first kappa shape index (κ1) is 21.3. The lowest BCUT2D eigenvalue weighted by Crippen LogP contribution is -2.54. The molecule has 3 fully saturated rings. The smallest absolute Gasteiger partial charge is 0.236 e. The van der Waals surface area contributed by atoms with Crippen molar-refractivity contribution in [3.8, 4) is 0 Å². The molecule has 0 aliphatic carbocycles. The minimum Gasteiger partial charge on any atom is -0.379 e. The van der Waals surface area contributed by atoms with Gasteiger partial charge < -0.3 is 19.9 Å². The molecule has 0 aromatic rings. The molecular weight excluding hydrogens is 356 g/mol. The highest BCUT2D eigenvalue weighted by atomic mass is 16.5. The first-order chi connectivity index (χ1) is 13.7. The molecule has 3 saturated heterocycles. The molecule has 8 nitrogen and oxygen atoms in total. The number of amides is 1. The van der Waals surface area contributed by atoms with Crippen LogP contribution >= 0.6 is 0 Å². The number of nitrogens with zero attached hydrogens (tertiary/aromatic N) is 5. The largest absolute Gasteiger partial charge is 0.379 e. The van der Waals surface area contributed by atoms with E-state index in [1.54, 1.807) is 0 Å². The molecule has 0 radical (unpaired) electrons. The zero-order chi connectivity index (χ0) is 19.8. The van der Waals surface area contributed by atoms with Crippen LogP contribution in [0.2, 0.25) is 0 Å². The normalized spacial score (nSPS) is 23.9. The molecule has 8 heteroatoms. The molecule has 3 aliphatic heterocycles. The zero-order valence-electron chi connectivity index (χ0n) is 17.7. The molecular formula is C20H38N6O2. The second-order valence-corrected chi connectivity index (χ2v) is 8.30. The Hall–Kier alpha value is -1.38. The van der Waals surface area contributed by atoms with Crippen LogP contribution in [0.25, 0.3) is 0 Å². The summed E-state index contributed by atoms with van der Waals surface area (Å²) >= 11 is 0. The SMILES string of the molecule is CN=C(NCC(C)CN1CCOCC1)N1CCN(CC(=O)N2CCCC2)CC1. The number of aliphatic imine (C=N–C) groups is 1. The van der Waals surface area contributed by atoms with Crippen molar-refractivity contribution in [2.75, 3.05) is 92.3 Å². The second kappa shape index (κ2) is 11.0. The average molecular weight is 395 g/mol. The van der Waals surface area contributed by atoms with Crippen LogP contribution in [0.3, 0.4) is 0 Å². The number of nitrogens with one attached hydrogen (secondary N) is 1. The summed E-state index contributed by atoms with van der Waals surface area (Å²) in [6, 6.07) is 0. The summed E-state index contributed by atoms with van der Waals surface area (Å²) < 4.78 is 5.43. The van der Waals surface area contributed by atoms with E-state index >= 15 is 0 Å². The first-order valence-electron chi connectivity index (χ1n) is 10.9. The molecule has 0 bridgehead atoms. The molecule has 0 saturated carbocycles. The number of hydrogen-bond acceptors (Lipinski definition) is 5. The molecule has 28 heavy (non-hydrogen) atoms. The summed E-state index contributed by atoms with van der Waals surface area (Å²) in [5, 5.41) is 3.55. The molecule has 0 aromatic heterocycles. The van der Waals surface area contributed by atoms with Gasteiger partial charge in [-0.2, -0.15) is 0 Å². The van der Waals surface area contributed by atoms with Crippen LogP contribution in [-0.2, 0) is 9.53 Å². The number of hydrogen-bond donors (Lipinski definition) is 1. The summed E-state index contributed by atoms with van der Waals surface area (Å²) in [6.45, 7) is 14.2. The van der Waals surface area contributed by atoms with Gasteiger partial charge in [0.2, 0.25) is 5.91 Å². The predicted molar refractivity (Wildman–Crippen MR) is 112 cm³/mol. The van der Waals surface area contributed by atoms with Gasteiger partial charge in [0.05, 0.1) is 19.8 Å². The fraction of sp³-hybridized carbons (Fsp3) is 0.900. The van der Waals surface area contributed by atoms with Crippen LogP contribution in [0, 0.1) is 5.92 Å². The number of rotatable bonds is 6. The Kier molecular flexibility index (Phi) is 8.36. The van der Waals surface area contributed by atoms with E-state index in [0.29, 0.717) is 18.4 Å². The number of likely N-dealkylation sites (tertiary alicyclic amines) is 1. The first-order valence-corrected chi connectivity index (χ1v) is 10.9. The number of carbonyl (C=O) groups is 1. The lowest BCUT2D eigenvalue weighted by molar-refractivity contribution is -0.131. The van der Waals surface area contributed by atoms with Crippen LogP contribution in [0.1, 0.15) is 19.8 Å². The maximum atomic E-state index is 12.3. The lowest BCUT2D eigenvalue weighted by Gasteiger charge is -2.37. The van der Waals surface area contributed by atoms with Crippen LogP contribution in [0.15, 0.2) is 4.99 Å². The lowest BCUT2D eigenvalue weighted by atomic mass is 10.1. The van der Waals surface area contributed by atoms with Gasteiger partial charge in [0, 0.05) is 72.5 Å². The Balaban J connectivity index is 1.35. The number of piperazine rings is 1. The van der Waals surface area contributed by atoms with Crippen molar-refractivity contribution in [1.82, 2.24) is 24.9 Å². The van der Waals surface area contributed by atoms with Gasteiger partial charge in [0.1, 0.15) is 0 Å². The molecule has 3 heterocycles. The summed E-state index contributed by atoms with van der Waals surface area (Å²) in [5.41, 5.74) is 0. The van der Waals surface area contributed by atoms with Gasteiger partial charge in [0.25, 0.3) is 0 Å². The van der Waals surface area contributed by atoms with E-state index in [9.17, 15) is 4.79 Å². The Bertz CT molecular complexity index is 509. The molecule has 1 atom stereocenters. The maximum Gasteiger partial charge on any atom is 0.236 e. The van der Waals surface area contributed by atoms with Crippen molar-refractivity contribution in [2.45, 2.75) is 19.8 Å². The Morgan fingerprint density at radius 3 is 2.29 bits per heavy atom.